The second-order valence-electron chi connectivity index (χ2n) is 6.86. The standard InChI is InChI=1S/C20H24F3N7O.HI/c1-24-18(26-10-11-27-19-25-9-8-16(29-19)20(21,22)23)28-13-14-4-6-15(7-5-14)30-12-2-3-17(30)31;/h4-9H,2-3,10-13H2,1H3,(H2,24,26,28)(H,25,27,29);1H. The Morgan fingerprint density at radius 3 is 2.53 bits per heavy atom. The Kier molecular flexibility index (Phi) is 9.47. The van der Waals surface area contributed by atoms with Crippen LogP contribution < -0.4 is 20.9 Å². The normalized spacial score (nSPS) is 14.2. The zero-order chi connectivity index (χ0) is 22.3. The number of hydrogen-bond donors (Lipinski definition) is 3. The maximum Gasteiger partial charge on any atom is 0.433 e. The van der Waals surface area contributed by atoms with E-state index in [-0.39, 0.29) is 35.8 Å². The minimum absolute atomic E-state index is 0. The highest BCUT2D eigenvalue weighted by molar-refractivity contribution is 14.0. The number of hydrogen-bond acceptors (Lipinski definition) is 5. The highest BCUT2D eigenvalue weighted by Gasteiger charge is 2.32. The molecule has 3 N–H and O–H groups in total. The molecular weight excluding hydrogens is 538 g/mol. The quantitative estimate of drug-likeness (QED) is 0.208. The number of rotatable bonds is 7. The number of carbonyl (C=O) groups is 1. The van der Waals surface area contributed by atoms with Gasteiger partial charge in [-0.2, -0.15) is 13.2 Å². The summed E-state index contributed by atoms with van der Waals surface area (Å²) >= 11 is 0. The number of nitrogens with one attached hydrogen (secondary N) is 3. The van der Waals surface area contributed by atoms with Crippen LogP contribution >= 0.6 is 24.0 Å². The van der Waals surface area contributed by atoms with Crippen LogP contribution in [0.3, 0.4) is 0 Å². The van der Waals surface area contributed by atoms with Crippen molar-refractivity contribution < 1.29 is 18.0 Å². The van der Waals surface area contributed by atoms with Crippen molar-refractivity contribution in [2.45, 2.75) is 25.6 Å². The van der Waals surface area contributed by atoms with E-state index in [2.05, 4.69) is 30.9 Å². The first-order chi connectivity index (χ1) is 14.9. The fourth-order valence-corrected chi connectivity index (χ4v) is 3.08. The molecule has 1 aromatic carbocycles. The van der Waals surface area contributed by atoms with Gasteiger partial charge in [-0.25, -0.2) is 9.97 Å². The van der Waals surface area contributed by atoms with Crippen molar-refractivity contribution in [2.75, 3.05) is 36.9 Å². The molecule has 0 radical (unpaired) electrons. The third-order valence-corrected chi connectivity index (χ3v) is 4.65. The van der Waals surface area contributed by atoms with Gasteiger partial charge in [-0.3, -0.25) is 9.79 Å². The van der Waals surface area contributed by atoms with E-state index >= 15 is 0 Å². The predicted molar refractivity (Wildman–Crippen MR) is 127 cm³/mol. The molecule has 1 saturated heterocycles. The van der Waals surface area contributed by atoms with Crippen molar-refractivity contribution in [3.8, 4) is 0 Å². The van der Waals surface area contributed by atoms with Gasteiger partial charge in [-0.05, 0) is 30.2 Å². The van der Waals surface area contributed by atoms with Crippen molar-refractivity contribution in [3.63, 3.8) is 0 Å². The highest BCUT2D eigenvalue weighted by atomic mass is 127. The summed E-state index contributed by atoms with van der Waals surface area (Å²) in [6.07, 6.45) is -1.96. The molecule has 12 heteroatoms. The molecule has 1 fully saturated rings. The molecule has 0 atom stereocenters. The smallest absolute Gasteiger partial charge is 0.355 e. The van der Waals surface area contributed by atoms with Crippen LogP contribution in [0.2, 0.25) is 0 Å². The minimum Gasteiger partial charge on any atom is -0.355 e. The van der Waals surface area contributed by atoms with Crippen LogP contribution in [-0.4, -0.2) is 48.5 Å². The number of benzene rings is 1. The second-order valence-corrected chi connectivity index (χ2v) is 6.86. The first-order valence-corrected chi connectivity index (χ1v) is 9.85. The van der Waals surface area contributed by atoms with E-state index in [1.54, 1.807) is 11.9 Å². The predicted octanol–water partition coefficient (Wildman–Crippen LogP) is 3.02. The summed E-state index contributed by atoms with van der Waals surface area (Å²) in [5.41, 5.74) is 0.932. The van der Waals surface area contributed by atoms with E-state index in [9.17, 15) is 18.0 Å². The Labute approximate surface area is 201 Å². The van der Waals surface area contributed by atoms with Crippen LogP contribution in [-0.2, 0) is 17.5 Å². The Balaban J connectivity index is 0.00000363. The zero-order valence-electron chi connectivity index (χ0n) is 17.4. The lowest BCUT2D eigenvalue weighted by Gasteiger charge is -2.16. The third-order valence-electron chi connectivity index (χ3n) is 4.65. The van der Waals surface area contributed by atoms with Crippen LogP contribution in [0.15, 0.2) is 41.5 Å². The molecule has 2 heterocycles. The lowest BCUT2D eigenvalue weighted by molar-refractivity contribution is -0.141. The number of aromatic nitrogens is 2. The number of anilines is 2. The maximum absolute atomic E-state index is 12.7. The fraction of sp³-hybridized carbons (Fsp3) is 0.400. The molecule has 1 aliphatic rings. The molecule has 8 nitrogen and oxygen atoms in total. The number of halogens is 4. The van der Waals surface area contributed by atoms with Gasteiger partial charge in [0.05, 0.1) is 0 Å². The SMILES string of the molecule is CN=C(NCCNc1nccc(C(F)(F)F)n1)NCc1ccc(N2CCCC2=O)cc1.I. The molecule has 0 spiro atoms. The molecule has 1 amide bonds. The zero-order valence-corrected chi connectivity index (χ0v) is 19.8. The van der Waals surface area contributed by atoms with Gasteiger partial charge in [0.25, 0.3) is 0 Å². The van der Waals surface area contributed by atoms with Crippen LogP contribution in [0.4, 0.5) is 24.8 Å². The number of aliphatic imine (C=N–C) groups is 1. The van der Waals surface area contributed by atoms with E-state index in [1.165, 1.54) is 0 Å². The van der Waals surface area contributed by atoms with Crippen LogP contribution in [0.1, 0.15) is 24.1 Å². The lowest BCUT2D eigenvalue weighted by Crippen LogP contribution is -2.39. The van der Waals surface area contributed by atoms with Gasteiger partial charge in [0.15, 0.2) is 5.96 Å². The largest absolute Gasteiger partial charge is 0.433 e. The van der Waals surface area contributed by atoms with Gasteiger partial charge in [0, 0.05) is 51.5 Å². The average molecular weight is 563 g/mol. The molecule has 174 valence electrons. The number of carbonyl (C=O) groups excluding carboxylic acids is 1. The molecule has 0 unspecified atom stereocenters. The van der Waals surface area contributed by atoms with Gasteiger partial charge in [0.2, 0.25) is 11.9 Å². The van der Waals surface area contributed by atoms with Gasteiger partial charge in [-0.1, -0.05) is 12.1 Å². The molecule has 0 saturated carbocycles. The maximum atomic E-state index is 12.7. The van der Waals surface area contributed by atoms with Crippen LogP contribution in [0.25, 0.3) is 0 Å². The monoisotopic (exact) mass is 563 g/mol. The van der Waals surface area contributed by atoms with Crippen LogP contribution in [0.5, 0.6) is 0 Å². The van der Waals surface area contributed by atoms with Crippen molar-refractivity contribution >= 4 is 47.5 Å². The lowest BCUT2D eigenvalue weighted by atomic mass is 10.2. The molecular formula is C20H25F3IN7O. The van der Waals surface area contributed by atoms with Gasteiger partial charge in [0.1, 0.15) is 5.69 Å². The summed E-state index contributed by atoms with van der Waals surface area (Å²) in [5.74, 6) is 0.612. The van der Waals surface area contributed by atoms with Crippen molar-refractivity contribution in [1.29, 1.82) is 0 Å². The second kappa shape index (κ2) is 11.8. The Morgan fingerprint density at radius 1 is 1.16 bits per heavy atom. The van der Waals surface area contributed by atoms with E-state index in [1.807, 2.05) is 24.3 Å². The van der Waals surface area contributed by atoms with E-state index in [0.29, 0.717) is 32.0 Å². The fourth-order valence-electron chi connectivity index (χ4n) is 3.08. The molecule has 0 bridgehead atoms. The van der Waals surface area contributed by atoms with E-state index in [4.69, 9.17) is 0 Å². The molecule has 2 aromatic rings. The minimum atomic E-state index is -4.51. The molecule has 32 heavy (non-hydrogen) atoms. The van der Waals surface area contributed by atoms with Crippen molar-refractivity contribution in [1.82, 2.24) is 20.6 Å². The summed E-state index contributed by atoms with van der Waals surface area (Å²) in [6.45, 7) is 1.99. The first-order valence-electron chi connectivity index (χ1n) is 9.85. The van der Waals surface area contributed by atoms with Crippen molar-refractivity contribution in [3.05, 3.63) is 47.8 Å². The summed E-state index contributed by atoms with van der Waals surface area (Å²) in [7, 11) is 1.63. The van der Waals surface area contributed by atoms with Gasteiger partial charge >= 0.3 is 6.18 Å². The molecule has 0 aliphatic carbocycles. The Hall–Kier alpha value is -2.64. The number of nitrogens with zero attached hydrogens (tertiary/aromatic N) is 4. The number of amides is 1. The summed E-state index contributed by atoms with van der Waals surface area (Å²) in [5, 5.41) is 8.97. The first kappa shape index (κ1) is 25.6. The highest BCUT2D eigenvalue weighted by Crippen LogP contribution is 2.27. The summed E-state index contributed by atoms with van der Waals surface area (Å²) in [4.78, 5) is 25.0. The number of guanidine groups is 1. The van der Waals surface area contributed by atoms with Crippen LogP contribution in [0, 0.1) is 0 Å². The molecule has 1 aliphatic heterocycles. The summed E-state index contributed by atoms with van der Waals surface area (Å²) < 4.78 is 38.0. The van der Waals surface area contributed by atoms with E-state index < -0.39 is 11.9 Å². The average Bonchev–Trinajstić information content (AvgIpc) is 3.19. The Bertz CT molecular complexity index is 922. The third kappa shape index (κ3) is 7.21. The van der Waals surface area contributed by atoms with E-state index in [0.717, 1.165) is 36.5 Å². The molecule has 3 rings (SSSR count). The van der Waals surface area contributed by atoms with Gasteiger partial charge < -0.3 is 20.9 Å². The Morgan fingerprint density at radius 2 is 1.91 bits per heavy atom. The summed E-state index contributed by atoms with van der Waals surface area (Å²) in [6, 6.07) is 8.58. The number of alkyl halides is 3. The molecule has 1 aromatic heterocycles. The van der Waals surface area contributed by atoms with Gasteiger partial charge in [-0.15, -0.1) is 24.0 Å². The topological polar surface area (TPSA) is 94.5 Å². The van der Waals surface area contributed by atoms with Crippen molar-refractivity contribution in [2.24, 2.45) is 4.99 Å².